The molecule has 6 aromatic rings. The highest BCUT2D eigenvalue weighted by Crippen LogP contribution is 2.14. The van der Waals surface area contributed by atoms with E-state index in [1.54, 1.807) is 84.9 Å². The highest BCUT2D eigenvalue weighted by atomic mass is 16.5. The predicted octanol–water partition coefficient (Wildman–Crippen LogP) is 4.32. The fraction of sp³-hybridized carbons (Fsp3) is 0.211. The molecule has 0 fully saturated rings. The van der Waals surface area contributed by atoms with Crippen molar-refractivity contribution >= 4 is 33.6 Å². The molecule has 0 aliphatic rings. The van der Waals surface area contributed by atoms with Gasteiger partial charge >= 0.3 is 0 Å². The topological polar surface area (TPSA) is 132 Å². The Labute approximate surface area is 281 Å². The van der Waals surface area contributed by atoms with E-state index < -0.39 is 22.7 Å². The van der Waals surface area contributed by atoms with E-state index in [0.29, 0.717) is 59.6 Å². The molecule has 0 unspecified atom stereocenters. The van der Waals surface area contributed by atoms with Crippen molar-refractivity contribution in [2.75, 3.05) is 39.6 Å². The van der Waals surface area contributed by atoms with Crippen molar-refractivity contribution in [2.24, 2.45) is 0 Å². The van der Waals surface area contributed by atoms with Crippen LogP contribution in [0.25, 0.3) is 22.1 Å². The molecule has 2 aromatic heterocycles. The van der Waals surface area contributed by atoms with Crippen molar-refractivity contribution in [2.45, 2.75) is 13.1 Å². The van der Waals surface area contributed by atoms with Crippen molar-refractivity contribution in [3.63, 3.8) is 0 Å². The maximum atomic E-state index is 13.3. The number of hydrogen-bond acceptors (Lipinski definition) is 9. The summed E-state index contributed by atoms with van der Waals surface area (Å²) in [4.78, 5) is 61.5. The molecule has 0 saturated carbocycles. The van der Waals surface area contributed by atoms with E-state index in [0.717, 1.165) is 0 Å². The summed E-state index contributed by atoms with van der Waals surface area (Å²) in [5.41, 5.74) is 1.95. The van der Waals surface area contributed by atoms with Crippen LogP contribution in [0.15, 0.2) is 119 Å². The molecule has 6 rings (SSSR count). The zero-order valence-corrected chi connectivity index (χ0v) is 26.7. The van der Waals surface area contributed by atoms with Gasteiger partial charge in [-0.05, 0) is 24.3 Å². The lowest BCUT2D eigenvalue weighted by molar-refractivity contribution is 0.0119. The van der Waals surface area contributed by atoms with E-state index in [9.17, 15) is 19.2 Å². The van der Waals surface area contributed by atoms with Crippen molar-refractivity contribution in [1.82, 2.24) is 19.1 Å². The number of ketones is 2. The molecule has 0 amide bonds. The third-order valence-electron chi connectivity index (χ3n) is 7.87. The minimum Gasteiger partial charge on any atom is -0.377 e. The Morgan fingerprint density at radius 3 is 1.22 bits per heavy atom. The molecule has 248 valence electrons. The maximum Gasteiger partial charge on any atom is 0.281 e. The molecule has 0 radical (unpaired) electrons. The number of carbonyl (C=O) groups excluding carboxylic acids is 2. The van der Waals surface area contributed by atoms with Gasteiger partial charge in [0.05, 0.1) is 61.7 Å². The van der Waals surface area contributed by atoms with E-state index in [2.05, 4.69) is 9.97 Å². The molecule has 0 atom stereocenters. The van der Waals surface area contributed by atoms with Gasteiger partial charge in [-0.15, -0.1) is 0 Å². The average molecular weight is 659 g/mol. The number of hydrogen-bond donors (Lipinski definition) is 0. The second-order valence-electron chi connectivity index (χ2n) is 11.0. The van der Waals surface area contributed by atoms with Crippen molar-refractivity contribution < 1.29 is 23.8 Å². The summed E-state index contributed by atoms with van der Waals surface area (Å²) < 4.78 is 20.1. The Morgan fingerprint density at radius 2 is 0.816 bits per heavy atom. The molecular weight excluding hydrogens is 624 g/mol. The summed E-state index contributed by atoms with van der Waals surface area (Å²) in [6.07, 6.45) is 0. The SMILES string of the molecule is O=C(c1ccccc1)c1nc2ccccc2n(CCOCCOCCOCCn2c(=O)c(C(=O)c3ccccc3)nc3ccccc32)c1=O. The van der Waals surface area contributed by atoms with Gasteiger partial charge in [-0.2, -0.15) is 0 Å². The lowest BCUT2D eigenvalue weighted by Crippen LogP contribution is -2.30. The van der Waals surface area contributed by atoms with Crippen LogP contribution in [0.5, 0.6) is 0 Å². The third kappa shape index (κ3) is 7.76. The number of nitrogens with zero attached hydrogens (tertiary/aromatic N) is 4. The van der Waals surface area contributed by atoms with Crippen LogP contribution in [0.1, 0.15) is 32.1 Å². The van der Waals surface area contributed by atoms with Gasteiger partial charge in [0, 0.05) is 24.2 Å². The average Bonchev–Trinajstić information content (AvgIpc) is 3.15. The molecule has 11 heteroatoms. The van der Waals surface area contributed by atoms with E-state index in [4.69, 9.17) is 14.2 Å². The lowest BCUT2D eigenvalue weighted by Gasteiger charge is -2.13. The highest BCUT2D eigenvalue weighted by Gasteiger charge is 2.20. The van der Waals surface area contributed by atoms with Crippen LogP contribution >= 0.6 is 0 Å². The third-order valence-corrected chi connectivity index (χ3v) is 7.87. The van der Waals surface area contributed by atoms with E-state index in [-0.39, 0.29) is 37.7 Å². The molecule has 0 spiro atoms. The van der Waals surface area contributed by atoms with Gasteiger partial charge in [0.25, 0.3) is 11.1 Å². The number of ether oxygens (including phenoxy) is 3. The summed E-state index contributed by atoms with van der Waals surface area (Å²) in [6.45, 7) is 2.16. The first-order valence-electron chi connectivity index (χ1n) is 15.9. The summed E-state index contributed by atoms with van der Waals surface area (Å²) in [5, 5.41) is 0. The Morgan fingerprint density at radius 1 is 0.469 bits per heavy atom. The molecule has 11 nitrogen and oxygen atoms in total. The fourth-order valence-corrected chi connectivity index (χ4v) is 5.43. The molecular formula is C38H34N4O7. The molecule has 4 aromatic carbocycles. The smallest absolute Gasteiger partial charge is 0.281 e. The summed E-state index contributed by atoms with van der Waals surface area (Å²) in [5.74, 6) is -0.850. The lowest BCUT2D eigenvalue weighted by atomic mass is 10.1. The van der Waals surface area contributed by atoms with Crippen molar-refractivity contribution in [3.05, 3.63) is 152 Å². The van der Waals surface area contributed by atoms with Gasteiger partial charge < -0.3 is 23.3 Å². The summed E-state index contributed by atoms with van der Waals surface area (Å²) in [6, 6.07) is 31.6. The fourth-order valence-electron chi connectivity index (χ4n) is 5.43. The van der Waals surface area contributed by atoms with Crippen LogP contribution in [0.3, 0.4) is 0 Å². The minimum atomic E-state index is -0.467. The normalized spacial score (nSPS) is 11.3. The molecule has 0 bridgehead atoms. The number of fused-ring (bicyclic) bond motifs is 2. The standard InChI is InChI=1S/C38H34N4O7/c43-35(27-11-3-1-4-12-27)33-37(45)41(31-17-9-7-15-29(31)39-33)19-21-47-23-25-49-26-24-48-22-20-42-32-18-10-8-16-30(32)40-34(38(42)46)36(44)28-13-5-2-6-14-28/h1-18H,19-26H2. The zero-order valence-electron chi connectivity index (χ0n) is 26.7. The Kier molecular flexibility index (Phi) is 10.9. The second kappa shape index (κ2) is 16.0. The largest absolute Gasteiger partial charge is 0.377 e. The van der Waals surface area contributed by atoms with Gasteiger partial charge in [-0.25, -0.2) is 9.97 Å². The van der Waals surface area contributed by atoms with Crippen LogP contribution in [-0.4, -0.2) is 70.3 Å². The van der Waals surface area contributed by atoms with Gasteiger partial charge in [0.15, 0.2) is 11.4 Å². The van der Waals surface area contributed by atoms with Gasteiger partial charge in [-0.3, -0.25) is 19.2 Å². The molecule has 49 heavy (non-hydrogen) atoms. The maximum absolute atomic E-state index is 13.3. The first-order valence-corrected chi connectivity index (χ1v) is 15.9. The number of benzene rings is 4. The van der Waals surface area contributed by atoms with Crippen LogP contribution in [0.2, 0.25) is 0 Å². The van der Waals surface area contributed by atoms with Crippen molar-refractivity contribution in [1.29, 1.82) is 0 Å². The second-order valence-corrected chi connectivity index (χ2v) is 11.0. The quantitative estimate of drug-likeness (QED) is 0.110. The van der Waals surface area contributed by atoms with Crippen LogP contribution in [-0.2, 0) is 27.3 Å². The minimum absolute atomic E-state index is 0.128. The molecule has 0 saturated heterocycles. The summed E-state index contributed by atoms with van der Waals surface area (Å²) >= 11 is 0. The highest BCUT2D eigenvalue weighted by molar-refractivity contribution is 6.08. The number of rotatable bonds is 16. The predicted molar refractivity (Wildman–Crippen MR) is 184 cm³/mol. The Hall–Kier alpha value is -5.62. The van der Waals surface area contributed by atoms with Gasteiger partial charge in [0.2, 0.25) is 11.6 Å². The van der Waals surface area contributed by atoms with E-state index >= 15 is 0 Å². The summed E-state index contributed by atoms with van der Waals surface area (Å²) in [7, 11) is 0. The van der Waals surface area contributed by atoms with Crippen molar-refractivity contribution in [3.8, 4) is 0 Å². The molecule has 2 heterocycles. The Balaban J connectivity index is 0.963. The van der Waals surface area contributed by atoms with Gasteiger partial charge in [-0.1, -0.05) is 84.9 Å². The number of carbonyl (C=O) groups is 2. The zero-order chi connectivity index (χ0) is 34.0. The van der Waals surface area contributed by atoms with Crippen LogP contribution in [0.4, 0.5) is 0 Å². The number of para-hydroxylation sites is 4. The van der Waals surface area contributed by atoms with E-state index in [1.165, 1.54) is 9.13 Å². The van der Waals surface area contributed by atoms with E-state index in [1.807, 2.05) is 24.3 Å². The van der Waals surface area contributed by atoms with Crippen LogP contribution in [0, 0.1) is 0 Å². The molecule has 0 aliphatic carbocycles. The molecule has 0 aliphatic heterocycles. The molecule has 0 N–H and O–H groups in total. The first kappa shape index (κ1) is 33.3. The number of aromatic nitrogens is 4. The first-order chi connectivity index (χ1) is 24.0. The van der Waals surface area contributed by atoms with Crippen LogP contribution < -0.4 is 11.1 Å². The monoisotopic (exact) mass is 658 g/mol. The van der Waals surface area contributed by atoms with Gasteiger partial charge in [0.1, 0.15) is 0 Å². The Bertz CT molecular complexity index is 2040.